The molecular weight excluding hydrogens is 400 g/mol. The van der Waals surface area contributed by atoms with Crippen molar-refractivity contribution in [2.24, 2.45) is 0 Å². The van der Waals surface area contributed by atoms with E-state index in [4.69, 9.17) is 0 Å². The highest BCUT2D eigenvalue weighted by molar-refractivity contribution is 7.89. The summed E-state index contributed by atoms with van der Waals surface area (Å²) in [6, 6.07) is 17.4. The summed E-state index contributed by atoms with van der Waals surface area (Å²) < 4.78 is 27.3. The molecule has 0 unspecified atom stereocenters. The lowest BCUT2D eigenvalue weighted by Crippen LogP contribution is -2.50. The predicted molar refractivity (Wildman–Crippen MR) is 112 cm³/mol. The molecule has 2 heterocycles. The van der Waals surface area contributed by atoms with Crippen molar-refractivity contribution in [2.45, 2.75) is 11.8 Å². The first-order valence-electron chi connectivity index (χ1n) is 9.57. The van der Waals surface area contributed by atoms with Crippen LogP contribution in [0.2, 0.25) is 0 Å². The fourth-order valence-electron chi connectivity index (χ4n) is 3.71. The quantitative estimate of drug-likeness (QED) is 0.649. The lowest BCUT2D eigenvalue weighted by Gasteiger charge is -2.34. The number of hydrogen-bond acceptors (Lipinski definition) is 5. The number of carbonyl (C=O) groups is 1. The summed E-state index contributed by atoms with van der Waals surface area (Å²) >= 11 is 0. The topological polar surface area (TPSA) is 94.4 Å². The van der Waals surface area contributed by atoms with Crippen molar-refractivity contribution < 1.29 is 13.2 Å². The van der Waals surface area contributed by atoms with E-state index in [0.717, 1.165) is 16.6 Å². The Kier molecular flexibility index (Phi) is 5.24. The van der Waals surface area contributed by atoms with E-state index in [-0.39, 0.29) is 42.5 Å². The summed E-state index contributed by atoms with van der Waals surface area (Å²) in [5, 5.41) is 10.0. The third kappa shape index (κ3) is 3.54. The minimum atomic E-state index is -3.80. The van der Waals surface area contributed by atoms with Crippen molar-refractivity contribution >= 4 is 26.8 Å². The number of fused-ring (bicyclic) bond motifs is 1. The number of sulfonamides is 1. The number of benzene rings is 2. The van der Waals surface area contributed by atoms with Gasteiger partial charge in [-0.1, -0.05) is 30.3 Å². The number of piperazine rings is 1. The monoisotopic (exact) mass is 420 g/mol. The van der Waals surface area contributed by atoms with Gasteiger partial charge in [-0.2, -0.15) is 9.57 Å². The van der Waals surface area contributed by atoms with Crippen molar-refractivity contribution in [3.8, 4) is 6.07 Å². The number of rotatable bonds is 3. The molecule has 0 aliphatic carbocycles. The Labute approximate surface area is 175 Å². The molecule has 0 N–H and O–H groups in total. The van der Waals surface area contributed by atoms with E-state index in [0.29, 0.717) is 5.56 Å². The molecule has 0 bridgehead atoms. The average molecular weight is 420 g/mol. The van der Waals surface area contributed by atoms with Crippen LogP contribution in [0.4, 0.5) is 0 Å². The highest BCUT2D eigenvalue weighted by atomic mass is 32.2. The zero-order chi connectivity index (χ0) is 21.3. The summed E-state index contributed by atoms with van der Waals surface area (Å²) in [5.41, 5.74) is 2.21. The molecule has 2 aromatic carbocycles. The van der Waals surface area contributed by atoms with Crippen molar-refractivity contribution in [1.29, 1.82) is 5.26 Å². The van der Waals surface area contributed by atoms with E-state index >= 15 is 0 Å². The minimum absolute atomic E-state index is 0.00280. The van der Waals surface area contributed by atoms with E-state index < -0.39 is 10.0 Å². The Balaban J connectivity index is 1.56. The molecule has 0 spiro atoms. The molecule has 1 amide bonds. The molecule has 8 heteroatoms. The van der Waals surface area contributed by atoms with Gasteiger partial charge in [0.2, 0.25) is 10.0 Å². The van der Waals surface area contributed by atoms with Crippen molar-refractivity contribution in [3.05, 3.63) is 71.4 Å². The second-order valence-electron chi connectivity index (χ2n) is 7.13. The van der Waals surface area contributed by atoms with Crippen LogP contribution in [0.1, 0.15) is 21.6 Å². The molecule has 0 radical (unpaired) electrons. The zero-order valence-electron chi connectivity index (χ0n) is 16.4. The van der Waals surface area contributed by atoms with Crippen LogP contribution >= 0.6 is 0 Å². The molecule has 1 aliphatic rings. The summed E-state index contributed by atoms with van der Waals surface area (Å²) in [4.78, 5) is 19.3. The molecule has 1 saturated heterocycles. The molecule has 3 aromatic rings. The Morgan fingerprint density at radius 3 is 2.43 bits per heavy atom. The van der Waals surface area contributed by atoms with Gasteiger partial charge in [-0.05, 0) is 31.2 Å². The average Bonchev–Trinajstić information content (AvgIpc) is 2.78. The van der Waals surface area contributed by atoms with E-state index in [9.17, 15) is 18.5 Å². The SMILES string of the molecule is Cc1cc(C(=O)N2CCN(S(=O)(=O)c3ccccc3C#N)CC2)c2ccccc2n1. The van der Waals surface area contributed by atoms with Crippen LogP contribution in [0.5, 0.6) is 0 Å². The summed E-state index contributed by atoms with van der Waals surface area (Å²) in [6.45, 7) is 2.76. The van der Waals surface area contributed by atoms with Gasteiger partial charge in [0.25, 0.3) is 5.91 Å². The van der Waals surface area contributed by atoms with E-state index in [2.05, 4.69) is 4.98 Å². The van der Waals surface area contributed by atoms with E-state index in [1.807, 2.05) is 37.3 Å². The molecule has 1 aliphatic heterocycles. The normalized spacial score (nSPS) is 15.1. The third-order valence-corrected chi connectivity index (χ3v) is 7.18. The van der Waals surface area contributed by atoms with Crippen molar-refractivity contribution in [2.75, 3.05) is 26.2 Å². The summed E-state index contributed by atoms with van der Waals surface area (Å²) in [6.07, 6.45) is 0. The van der Waals surface area contributed by atoms with Crippen LogP contribution in [0, 0.1) is 18.3 Å². The van der Waals surface area contributed by atoms with Crippen LogP contribution < -0.4 is 0 Å². The molecule has 7 nitrogen and oxygen atoms in total. The standard InChI is InChI=1S/C22H20N4O3S/c1-16-14-19(18-7-3-4-8-20(18)24-16)22(27)25-10-12-26(13-11-25)30(28,29)21-9-5-2-6-17(21)15-23/h2-9,14H,10-13H2,1H3. The number of hydrogen-bond donors (Lipinski definition) is 0. The molecular formula is C22H20N4O3S. The number of carbonyl (C=O) groups excluding carboxylic acids is 1. The number of amides is 1. The van der Waals surface area contributed by atoms with Gasteiger partial charge < -0.3 is 4.90 Å². The number of aromatic nitrogens is 1. The summed E-state index contributed by atoms with van der Waals surface area (Å²) in [7, 11) is -3.80. The number of para-hydroxylation sites is 1. The maximum absolute atomic E-state index is 13.2. The maximum Gasteiger partial charge on any atom is 0.254 e. The lowest BCUT2D eigenvalue weighted by atomic mass is 10.1. The number of nitrogens with zero attached hydrogens (tertiary/aromatic N) is 4. The van der Waals surface area contributed by atoms with Crippen molar-refractivity contribution in [3.63, 3.8) is 0 Å². The highest BCUT2D eigenvalue weighted by Crippen LogP contribution is 2.23. The van der Waals surface area contributed by atoms with Gasteiger partial charge >= 0.3 is 0 Å². The van der Waals surface area contributed by atoms with Crippen LogP contribution in [0.3, 0.4) is 0 Å². The highest BCUT2D eigenvalue weighted by Gasteiger charge is 2.32. The first-order valence-corrected chi connectivity index (χ1v) is 11.0. The Morgan fingerprint density at radius 2 is 1.70 bits per heavy atom. The Morgan fingerprint density at radius 1 is 1.03 bits per heavy atom. The second-order valence-corrected chi connectivity index (χ2v) is 9.04. The van der Waals surface area contributed by atoms with Gasteiger partial charge in [0.05, 0.1) is 21.5 Å². The summed E-state index contributed by atoms with van der Waals surface area (Å²) in [5.74, 6) is -0.133. The van der Waals surface area contributed by atoms with Crippen LogP contribution in [-0.2, 0) is 10.0 Å². The van der Waals surface area contributed by atoms with E-state index in [1.54, 1.807) is 23.1 Å². The van der Waals surface area contributed by atoms with Gasteiger partial charge in [-0.15, -0.1) is 0 Å². The maximum atomic E-state index is 13.2. The molecule has 1 fully saturated rings. The van der Waals surface area contributed by atoms with Gasteiger partial charge in [-0.25, -0.2) is 8.42 Å². The van der Waals surface area contributed by atoms with Crippen LogP contribution in [0.15, 0.2) is 59.5 Å². The third-order valence-electron chi connectivity index (χ3n) is 5.23. The second kappa shape index (κ2) is 7.86. The molecule has 152 valence electrons. The smallest absolute Gasteiger partial charge is 0.254 e. The first-order chi connectivity index (χ1) is 14.4. The largest absolute Gasteiger partial charge is 0.336 e. The van der Waals surface area contributed by atoms with Crippen molar-refractivity contribution in [1.82, 2.24) is 14.2 Å². The number of pyridine rings is 1. The predicted octanol–water partition coefficient (Wildman–Crippen LogP) is 2.56. The molecule has 30 heavy (non-hydrogen) atoms. The molecule has 4 rings (SSSR count). The minimum Gasteiger partial charge on any atom is -0.336 e. The first kappa shape index (κ1) is 20.0. The number of nitriles is 1. The molecule has 0 saturated carbocycles. The van der Waals surface area contributed by atoms with Gasteiger partial charge in [0.15, 0.2) is 0 Å². The van der Waals surface area contributed by atoms with Crippen LogP contribution in [0.25, 0.3) is 10.9 Å². The Hall–Kier alpha value is -3.28. The number of aryl methyl sites for hydroxylation is 1. The van der Waals surface area contributed by atoms with Crippen LogP contribution in [-0.4, -0.2) is 54.7 Å². The molecule has 1 aromatic heterocycles. The van der Waals surface area contributed by atoms with Gasteiger partial charge in [0, 0.05) is 37.3 Å². The fraction of sp³-hybridized carbons (Fsp3) is 0.227. The fourth-order valence-corrected chi connectivity index (χ4v) is 5.27. The zero-order valence-corrected chi connectivity index (χ0v) is 17.3. The van der Waals surface area contributed by atoms with E-state index in [1.165, 1.54) is 16.4 Å². The molecule has 0 atom stereocenters. The lowest BCUT2D eigenvalue weighted by molar-refractivity contribution is 0.0699. The van der Waals surface area contributed by atoms with Gasteiger partial charge in [-0.3, -0.25) is 9.78 Å². The Bertz CT molecular complexity index is 1270. The van der Waals surface area contributed by atoms with Gasteiger partial charge in [0.1, 0.15) is 6.07 Å².